The number of furan rings is 1. The van der Waals surface area contributed by atoms with Crippen molar-refractivity contribution in [3.8, 4) is 33.8 Å². The van der Waals surface area contributed by atoms with Crippen LogP contribution in [0, 0.1) is 0 Å². The van der Waals surface area contributed by atoms with Crippen molar-refractivity contribution in [3.05, 3.63) is 158 Å². The second-order valence-corrected chi connectivity index (χ2v) is 13.9. The molecule has 0 fully saturated rings. The van der Waals surface area contributed by atoms with Crippen LogP contribution in [0.25, 0.3) is 108 Å². The molecule has 0 radical (unpaired) electrons. The first-order chi connectivity index (χ1) is 24.8. The number of thiophene rings is 1. The molecule has 3 aromatic heterocycles. The number of nitrogens with zero attached hydrogens (tertiary/aromatic N) is 2. The van der Waals surface area contributed by atoms with Crippen LogP contribution in [-0.2, 0) is 0 Å². The topological polar surface area (TPSA) is 38.9 Å². The minimum absolute atomic E-state index is 0.715. The Labute approximate surface area is 290 Å². The minimum Gasteiger partial charge on any atom is -0.455 e. The van der Waals surface area contributed by atoms with Gasteiger partial charge in [0.15, 0.2) is 5.82 Å². The fraction of sp³-hybridized carbons (Fsp3) is 0. The van der Waals surface area contributed by atoms with Gasteiger partial charge in [0, 0.05) is 37.5 Å². The smallest absolute Gasteiger partial charge is 0.160 e. The largest absolute Gasteiger partial charge is 0.455 e. The van der Waals surface area contributed by atoms with Crippen molar-refractivity contribution in [1.82, 2.24) is 9.97 Å². The maximum atomic E-state index is 6.86. The van der Waals surface area contributed by atoms with E-state index >= 15 is 0 Å². The Hall–Kier alpha value is -6.36. The highest BCUT2D eigenvalue weighted by atomic mass is 32.1. The van der Waals surface area contributed by atoms with E-state index in [1.165, 1.54) is 37.0 Å². The van der Waals surface area contributed by atoms with Gasteiger partial charge in [-0.3, -0.25) is 0 Å². The fourth-order valence-corrected chi connectivity index (χ4v) is 8.89. The van der Waals surface area contributed by atoms with E-state index in [0.29, 0.717) is 5.82 Å². The molecule has 0 atom stereocenters. The van der Waals surface area contributed by atoms with E-state index < -0.39 is 0 Å². The van der Waals surface area contributed by atoms with Gasteiger partial charge < -0.3 is 4.42 Å². The molecule has 0 aliphatic rings. The van der Waals surface area contributed by atoms with Gasteiger partial charge in [-0.25, -0.2) is 9.97 Å². The second-order valence-electron chi connectivity index (χ2n) is 12.9. The predicted molar refractivity (Wildman–Crippen MR) is 211 cm³/mol. The van der Waals surface area contributed by atoms with Crippen LogP contribution in [0.4, 0.5) is 0 Å². The Kier molecular flexibility index (Phi) is 5.83. The number of aromatic nitrogens is 2. The van der Waals surface area contributed by atoms with Crippen LogP contribution in [0.3, 0.4) is 0 Å². The first-order valence-corrected chi connectivity index (χ1v) is 17.6. The van der Waals surface area contributed by atoms with Crippen LogP contribution in [-0.4, -0.2) is 9.97 Å². The van der Waals surface area contributed by atoms with Crippen LogP contribution < -0.4 is 0 Å². The van der Waals surface area contributed by atoms with Crippen LogP contribution in [0.2, 0.25) is 0 Å². The molecule has 0 saturated heterocycles. The maximum Gasteiger partial charge on any atom is 0.160 e. The third kappa shape index (κ3) is 4.03. The summed E-state index contributed by atoms with van der Waals surface area (Å²) in [6.07, 6.45) is 0. The predicted octanol–water partition coefficient (Wildman–Crippen LogP) is 13.2. The van der Waals surface area contributed by atoms with Gasteiger partial charge in [0.25, 0.3) is 0 Å². The number of benzene rings is 8. The third-order valence-corrected chi connectivity index (χ3v) is 11.2. The molecule has 0 aliphatic carbocycles. The second kappa shape index (κ2) is 10.6. The van der Waals surface area contributed by atoms with Gasteiger partial charge in [0.1, 0.15) is 11.2 Å². The zero-order valence-corrected chi connectivity index (χ0v) is 27.5. The summed E-state index contributed by atoms with van der Waals surface area (Å²) in [7, 11) is 0. The molecule has 11 aromatic rings. The molecule has 50 heavy (non-hydrogen) atoms. The molecule has 0 N–H and O–H groups in total. The van der Waals surface area contributed by atoms with Crippen molar-refractivity contribution in [3.63, 3.8) is 0 Å². The highest BCUT2D eigenvalue weighted by Crippen LogP contribution is 2.47. The number of hydrogen-bond acceptors (Lipinski definition) is 4. The summed E-state index contributed by atoms with van der Waals surface area (Å²) in [5.74, 6) is 0.715. The lowest BCUT2D eigenvalue weighted by Crippen LogP contribution is -1.95. The average molecular weight is 655 g/mol. The standard InChI is InChI=1S/C46H26N2OS/c1-2-12-28-25-30(22-21-27(28)11-1)46-47-42-36-18-8-10-20-40(36)50-45(42)43(48-46)37-24-23-34(44-41(37)35-17-7-9-19-39(35)49-44)38-26-29-13-3-4-14-31(29)32-15-5-6-16-33(32)38/h1-26H. The third-order valence-electron chi connectivity index (χ3n) is 10.1. The van der Waals surface area contributed by atoms with Crippen molar-refractivity contribution in [2.45, 2.75) is 0 Å². The van der Waals surface area contributed by atoms with Crippen molar-refractivity contribution in [2.24, 2.45) is 0 Å². The lowest BCUT2D eigenvalue weighted by Gasteiger charge is -2.13. The van der Waals surface area contributed by atoms with Crippen LogP contribution in [0.1, 0.15) is 0 Å². The number of hydrogen-bond donors (Lipinski definition) is 0. The van der Waals surface area contributed by atoms with Crippen molar-refractivity contribution in [2.75, 3.05) is 0 Å². The summed E-state index contributed by atoms with van der Waals surface area (Å²) in [5, 5.41) is 10.5. The van der Waals surface area contributed by atoms with Crippen molar-refractivity contribution < 1.29 is 4.42 Å². The lowest BCUT2D eigenvalue weighted by molar-refractivity contribution is 0.670. The van der Waals surface area contributed by atoms with E-state index in [2.05, 4.69) is 152 Å². The van der Waals surface area contributed by atoms with Gasteiger partial charge in [0.05, 0.1) is 15.9 Å². The molecule has 0 unspecified atom stereocenters. The van der Waals surface area contributed by atoms with E-state index in [0.717, 1.165) is 65.5 Å². The summed E-state index contributed by atoms with van der Waals surface area (Å²) < 4.78 is 9.13. The molecule has 3 nitrogen and oxygen atoms in total. The first-order valence-electron chi connectivity index (χ1n) is 16.8. The SMILES string of the molecule is c1ccc2cc(-c3nc(-c4ccc(-c5cc6ccccc6c6ccccc56)c5oc6ccccc6c45)c4sc5ccccc5c4n3)ccc2c1. The van der Waals surface area contributed by atoms with E-state index in [1.54, 1.807) is 11.3 Å². The van der Waals surface area contributed by atoms with E-state index in [4.69, 9.17) is 14.4 Å². The molecular weight excluding hydrogens is 629 g/mol. The molecule has 8 aromatic carbocycles. The van der Waals surface area contributed by atoms with Crippen molar-refractivity contribution >= 4 is 85.9 Å². The molecule has 3 heterocycles. The number of rotatable bonds is 3. The molecule has 232 valence electrons. The Morgan fingerprint density at radius 2 is 1.14 bits per heavy atom. The summed E-state index contributed by atoms with van der Waals surface area (Å²) in [6.45, 7) is 0. The summed E-state index contributed by atoms with van der Waals surface area (Å²) in [6, 6.07) is 56.0. The molecular formula is C46H26N2OS. The first kappa shape index (κ1) is 27.6. The molecule has 0 aliphatic heterocycles. The van der Waals surface area contributed by atoms with E-state index in [-0.39, 0.29) is 0 Å². The molecule has 0 bridgehead atoms. The van der Waals surface area contributed by atoms with Gasteiger partial charge in [-0.1, -0.05) is 127 Å². The van der Waals surface area contributed by atoms with Gasteiger partial charge in [-0.2, -0.15) is 0 Å². The minimum atomic E-state index is 0.715. The summed E-state index contributed by atoms with van der Waals surface area (Å²) in [4.78, 5) is 10.7. The van der Waals surface area contributed by atoms with Gasteiger partial charge in [-0.05, 0) is 68.2 Å². The van der Waals surface area contributed by atoms with Crippen LogP contribution in [0.5, 0.6) is 0 Å². The normalized spacial score (nSPS) is 12.0. The van der Waals surface area contributed by atoms with Gasteiger partial charge in [0.2, 0.25) is 0 Å². The maximum absolute atomic E-state index is 6.86. The van der Waals surface area contributed by atoms with Gasteiger partial charge in [-0.15, -0.1) is 11.3 Å². The Balaban J connectivity index is 1.25. The summed E-state index contributed by atoms with van der Waals surface area (Å²) >= 11 is 1.75. The van der Waals surface area contributed by atoms with Crippen LogP contribution in [0.15, 0.2) is 162 Å². The zero-order valence-electron chi connectivity index (χ0n) is 26.7. The van der Waals surface area contributed by atoms with Crippen LogP contribution >= 0.6 is 11.3 Å². The molecule has 0 amide bonds. The van der Waals surface area contributed by atoms with Crippen molar-refractivity contribution in [1.29, 1.82) is 0 Å². The van der Waals surface area contributed by atoms with E-state index in [1.807, 2.05) is 6.07 Å². The number of fused-ring (bicyclic) bond motifs is 10. The number of para-hydroxylation sites is 1. The average Bonchev–Trinajstić information content (AvgIpc) is 3.76. The highest BCUT2D eigenvalue weighted by molar-refractivity contribution is 7.26. The molecule has 11 rings (SSSR count). The highest BCUT2D eigenvalue weighted by Gasteiger charge is 2.23. The molecule has 0 spiro atoms. The Morgan fingerprint density at radius 1 is 0.460 bits per heavy atom. The summed E-state index contributed by atoms with van der Waals surface area (Å²) in [5.41, 5.74) is 7.88. The quantitative estimate of drug-likeness (QED) is 0.178. The lowest BCUT2D eigenvalue weighted by atomic mass is 9.91. The molecule has 0 saturated carbocycles. The zero-order chi connectivity index (χ0) is 32.8. The Bertz CT molecular complexity index is 3170. The van der Waals surface area contributed by atoms with E-state index in [9.17, 15) is 0 Å². The fourth-order valence-electron chi connectivity index (χ4n) is 7.75. The monoisotopic (exact) mass is 654 g/mol. The van der Waals surface area contributed by atoms with Gasteiger partial charge >= 0.3 is 0 Å². The Morgan fingerprint density at radius 3 is 2.02 bits per heavy atom. The molecule has 4 heteroatoms.